The van der Waals surface area contributed by atoms with Crippen LogP contribution in [0.3, 0.4) is 0 Å². The van der Waals surface area contributed by atoms with Crippen molar-refractivity contribution in [1.29, 1.82) is 0 Å². The maximum absolute atomic E-state index is 11.2. The van der Waals surface area contributed by atoms with Gasteiger partial charge in [-0.15, -0.1) is 11.6 Å². The van der Waals surface area contributed by atoms with Gasteiger partial charge in [0.2, 0.25) is 5.91 Å². The number of carbonyl (C=O) groups excluding carboxylic acids is 1. The summed E-state index contributed by atoms with van der Waals surface area (Å²) in [4.78, 5) is 11.2. The Balaban J connectivity index is 2.22. The number of carbonyl (C=O) groups is 1. The normalized spacial score (nSPS) is 12.4. The molecule has 1 heterocycles. The van der Waals surface area contributed by atoms with Crippen molar-refractivity contribution in [2.24, 2.45) is 0 Å². The zero-order chi connectivity index (χ0) is 11.1. The molecular formula is C10H14ClNO2S. The fraction of sp³-hybridized carbons (Fsp3) is 0.500. The first-order valence-corrected chi connectivity index (χ1v) is 6.24. The molecule has 0 spiro atoms. The van der Waals surface area contributed by atoms with Gasteiger partial charge in [-0.3, -0.25) is 4.79 Å². The van der Waals surface area contributed by atoms with Crippen molar-refractivity contribution in [1.82, 2.24) is 5.32 Å². The van der Waals surface area contributed by atoms with Gasteiger partial charge in [0.25, 0.3) is 0 Å². The molecule has 0 saturated carbocycles. The molecule has 1 amide bonds. The maximum Gasteiger partial charge on any atom is 0.220 e. The Bertz CT molecular complexity index is 290. The van der Waals surface area contributed by atoms with Crippen LogP contribution >= 0.6 is 22.9 Å². The summed E-state index contributed by atoms with van der Waals surface area (Å²) < 4.78 is 0. The number of hydrogen-bond donors (Lipinski definition) is 2. The van der Waals surface area contributed by atoms with Gasteiger partial charge in [-0.25, -0.2) is 0 Å². The van der Waals surface area contributed by atoms with E-state index in [1.807, 2.05) is 16.8 Å². The highest BCUT2D eigenvalue weighted by Crippen LogP contribution is 2.14. The highest BCUT2D eigenvalue weighted by Gasteiger charge is 2.09. The lowest BCUT2D eigenvalue weighted by Gasteiger charge is -2.10. The van der Waals surface area contributed by atoms with Crippen molar-refractivity contribution < 1.29 is 9.90 Å². The van der Waals surface area contributed by atoms with E-state index in [1.165, 1.54) is 11.3 Å². The van der Waals surface area contributed by atoms with E-state index in [1.54, 1.807) is 0 Å². The van der Waals surface area contributed by atoms with Crippen molar-refractivity contribution in [2.75, 3.05) is 12.4 Å². The molecular weight excluding hydrogens is 234 g/mol. The first-order chi connectivity index (χ1) is 7.24. The van der Waals surface area contributed by atoms with Gasteiger partial charge in [-0.1, -0.05) is 0 Å². The third-order valence-corrected chi connectivity index (χ3v) is 2.93. The second-order valence-electron chi connectivity index (χ2n) is 3.17. The van der Waals surface area contributed by atoms with E-state index in [0.29, 0.717) is 18.7 Å². The predicted octanol–water partition coefficient (Wildman–Crippen LogP) is 1.92. The minimum absolute atomic E-state index is 0.0649. The minimum atomic E-state index is -0.615. The fourth-order valence-corrected chi connectivity index (χ4v) is 1.95. The number of nitrogens with one attached hydrogen (secondary N) is 1. The minimum Gasteiger partial charge on any atom is -0.387 e. The standard InChI is InChI=1S/C10H14ClNO2S/c11-4-1-2-10(14)12-6-9(13)8-3-5-15-7-8/h3,5,7,9,13H,1-2,4,6H2,(H,12,14). The lowest BCUT2D eigenvalue weighted by molar-refractivity contribution is -0.121. The van der Waals surface area contributed by atoms with Gasteiger partial charge in [0.1, 0.15) is 0 Å². The third kappa shape index (κ3) is 4.64. The monoisotopic (exact) mass is 247 g/mol. The lowest BCUT2D eigenvalue weighted by Crippen LogP contribution is -2.28. The van der Waals surface area contributed by atoms with Crippen molar-refractivity contribution in [2.45, 2.75) is 18.9 Å². The molecule has 1 aromatic rings. The molecule has 2 N–H and O–H groups in total. The number of hydrogen-bond acceptors (Lipinski definition) is 3. The molecule has 1 rings (SSSR count). The molecule has 0 aliphatic carbocycles. The number of amides is 1. The summed E-state index contributed by atoms with van der Waals surface area (Å²) in [7, 11) is 0. The van der Waals surface area contributed by atoms with Crippen LogP contribution in [0.25, 0.3) is 0 Å². The summed E-state index contributed by atoms with van der Waals surface area (Å²) >= 11 is 6.99. The Kier molecular flexibility index (Phi) is 5.68. The number of aliphatic hydroxyl groups is 1. The summed E-state index contributed by atoms with van der Waals surface area (Å²) in [5.41, 5.74) is 0.845. The Morgan fingerprint density at radius 2 is 2.47 bits per heavy atom. The van der Waals surface area contributed by atoms with Crippen molar-refractivity contribution in [3.8, 4) is 0 Å². The van der Waals surface area contributed by atoms with Crippen LogP contribution in [0, 0.1) is 0 Å². The topological polar surface area (TPSA) is 49.3 Å². The molecule has 1 unspecified atom stereocenters. The molecule has 0 fully saturated rings. The number of alkyl halides is 1. The van der Waals surface area contributed by atoms with Crippen molar-refractivity contribution in [3.63, 3.8) is 0 Å². The number of rotatable bonds is 6. The maximum atomic E-state index is 11.2. The quantitative estimate of drug-likeness (QED) is 0.755. The molecule has 5 heteroatoms. The van der Waals surface area contributed by atoms with E-state index in [4.69, 9.17) is 11.6 Å². The van der Waals surface area contributed by atoms with Gasteiger partial charge >= 0.3 is 0 Å². The Morgan fingerprint density at radius 3 is 3.07 bits per heavy atom. The average Bonchev–Trinajstić information content (AvgIpc) is 2.76. The first-order valence-electron chi connectivity index (χ1n) is 4.77. The van der Waals surface area contributed by atoms with E-state index in [-0.39, 0.29) is 12.5 Å². The number of aliphatic hydroxyl groups excluding tert-OH is 1. The molecule has 15 heavy (non-hydrogen) atoms. The average molecular weight is 248 g/mol. The van der Waals surface area contributed by atoms with Crippen LogP contribution in [0.2, 0.25) is 0 Å². The summed E-state index contributed by atoms with van der Waals surface area (Å²) in [5.74, 6) is 0.422. The second-order valence-corrected chi connectivity index (χ2v) is 4.33. The molecule has 0 radical (unpaired) electrons. The van der Waals surface area contributed by atoms with E-state index >= 15 is 0 Å². The third-order valence-electron chi connectivity index (χ3n) is 1.96. The number of halogens is 1. The van der Waals surface area contributed by atoms with E-state index in [2.05, 4.69) is 5.32 Å². The summed E-state index contributed by atoms with van der Waals surface area (Å²) in [5, 5.41) is 16.1. The molecule has 0 aromatic carbocycles. The first kappa shape index (κ1) is 12.5. The van der Waals surface area contributed by atoms with Crippen LogP contribution in [0.1, 0.15) is 24.5 Å². The van der Waals surface area contributed by atoms with Crippen molar-refractivity contribution >= 4 is 28.8 Å². The van der Waals surface area contributed by atoms with Crippen molar-refractivity contribution in [3.05, 3.63) is 22.4 Å². The van der Waals surface area contributed by atoms with Crippen LogP contribution in [-0.4, -0.2) is 23.4 Å². The molecule has 0 aliphatic rings. The van der Waals surface area contributed by atoms with E-state index < -0.39 is 6.10 Å². The largest absolute Gasteiger partial charge is 0.387 e. The Labute approximate surface area is 98.1 Å². The van der Waals surface area contributed by atoms with Crippen LogP contribution in [-0.2, 0) is 4.79 Å². The highest BCUT2D eigenvalue weighted by molar-refractivity contribution is 7.07. The van der Waals surface area contributed by atoms with Gasteiger partial charge in [-0.05, 0) is 28.8 Å². The molecule has 1 aromatic heterocycles. The Morgan fingerprint density at radius 1 is 1.67 bits per heavy atom. The zero-order valence-corrected chi connectivity index (χ0v) is 9.85. The molecule has 0 aliphatic heterocycles. The van der Waals surface area contributed by atoms with Gasteiger partial charge < -0.3 is 10.4 Å². The van der Waals surface area contributed by atoms with Crippen LogP contribution < -0.4 is 5.32 Å². The molecule has 0 bridgehead atoms. The van der Waals surface area contributed by atoms with Gasteiger partial charge in [0.15, 0.2) is 0 Å². The summed E-state index contributed by atoms with van der Waals surface area (Å²) in [6, 6.07) is 1.85. The summed E-state index contributed by atoms with van der Waals surface area (Å²) in [6.07, 6.45) is 0.470. The van der Waals surface area contributed by atoms with E-state index in [9.17, 15) is 9.90 Å². The molecule has 3 nitrogen and oxygen atoms in total. The van der Waals surface area contributed by atoms with Gasteiger partial charge in [-0.2, -0.15) is 11.3 Å². The fourth-order valence-electron chi connectivity index (χ4n) is 1.11. The van der Waals surface area contributed by atoms with Crippen LogP contribution in [0.5, 0.6) is 0 Å². The highest BCUT2D eigenvalue weighted by atomic mass is 35.5. The molecule has 84 valence electrons. The molecule has 0 saturated heterocycles. The van der Waals surface area contributed by atoms with Crippen LogP contribution in [0.4, 0.5) is 0 Å². The molecule has 1 atom stereocenters. The van der Waals surface area contributed by atoms with Gasteiger partial charge in [0, 0.05) is 18.8 Å². The smallest absolute Gasteiger partial charge is 0.220 e. The lowest BCUT2D eigenvalue weighted by atomic mass is 10.2. The van der Waals surface area contributed by atoms with E-state index in [0.717, 1.165) is 5.56 Å². The number of thiophene rings is 1. The Hall–Kier alpha value is -0.580. The zero-order valence-electron chi connectivity index (χ0n) is 8.28. The predicted molar refractivity (Wildman–Crippen MR) is 62.2 cm³/mol. The second kappa shape index (κ2) is 6.82. The SMILES string of the molecule is O=C(CCCCl)NCC(O)c1ccsc1. The van der Waals surface area contributed by atoms with Crippen LogP contribution in [0.15, 0.2) is 16.8 Å². The summed E-state index contributed by atoms with van der Waals surface area (Å²) in [6.45, 7) is 0.262. The van der Waals surface area contributed by atoms with Gasteiger partial charge in [0.05, 0.1) is 6.10 Å².